The molecule has 0 unspecified atom stereocenters. The molecule has 0 aliphatic rings. The van der Waals surface area contributed by atoms with Gasteiger partial charge in [-0.25, -0.2) is 4.98 Å². The van der Waals surface area contributed by atoms with Gasteiger partial charge >= 0.3 is 51.4 Å². The zero-order valence-corrected chi connectivity index (χ0v) is 12.4. The van der Waals surface area contributed by atoms with Crippen LogP contribution in [-0.4, -0.2) is 24.9 Å². The van der Waals surface area contributed by atoms with Crippen molar-refractivity contribution in [1.82, 2.24) is 30.0 Å². The molecule has 0 fully saturated rings. The van der Waals surface area contributed by atoms with Crippen LogP contribution in [0.2, 0.25) is 0 Å². The first-order valence-electron chi connectivity index (χ1n) is 6.59. The first kappa shape index (κ1) is 9.05. The Morgan fingerprint density at radius 1 is 1.56 bits per heavy atom. The second-order valence-corrected chi connectivity index (χ2v) is 3.23. The Bertz CT molecular complexity index is 875. The van der Waals surface area contributed by atoms with Crippen molar-refractivity contribution in [3.63, 3.8) is 0 Å². The standard InChI is InChI=1S/C10H7N6O.K/c1-6-3-2-4-16-9(6)11-5-7(10(16)17)8-12-14-15-13-8;/h2-5H,1H3;/q-1;+1/i1D3,2D;. The van der Waals surface area contributed by atoms with Crippen LogP contribution in [0.25, 0.3) is 17.0 Å². The maximum Gasteiger partial charge on any atom is 1.00 e. The van der Waals surface area contributed by atoms with E-state index >= 15 is 0 Å². The zero-order chi connectivity index (χ0) is 15.2. The van der Waals surface area contributed by atoms with Crippen molar-refractivity contribution in [1.29, 1.82) is 0 Å². The largest absolute Gasteiger partial charge is 1.00 e. The number of pyridine rings is 1. The molecular formula is C10H7KN6O. The van der Waals surface area contributed by atoms with Crippen molar-refractivity contribution in [2.75, 3.05) is 0 Å². The van der Waals surface area contributed by atoms with E-state index in [0.29, 0.717) is 0 Å². The third-order valence-corrected chi connectivity index (χ3v) is 2.23. The van der Waals surface area contributed by atoms with Crippen molar-refractivity contribution in [3.8, 4) is 11.4 Å². The van der Waals surface area contributed by atoms with Crippen molar-refractivity contribution in [2.24, 2.45) is 0 Å². The number of tetrazole rings is 1. The van der Waals surface area contributed by atoms with E-state index < -0.39 is 12.4 Å². The summed E-state index contributed by atoms with van der Waals surface area (Å²) >= 11 is 0. The van der Waals surface area contributed by atoms with Crippen LogP contribution >= 0.6 is 0 Å². The predicted octanol–water partition coefficient (Wildman–Crippen LogP) is -3.18. The molecule has 0 spiro atoms. The molecule has 3 aromatic rings. The third-order valence-electron chi connectivity index (χ3n) is 2.23. The zero-order valence-electron chi connectivity index (χ0n) is 13.3. The molecule has 3 heterocycles. The first-order chi connectivity index (χ1) is 9.88. The number of nitrogens with zero attached hydrogens (tertiary/aromatic N) is 6. The monoisotopic (exact) mass is 270 g/mol. The fourth-order valence-corrected chi connectivity index (χ4v) is 1.45. The van der Waals surface area contributed by atoms with Gasteiger partial charge in [0.15, 0.2) is 0 Å². The van der Waals surface area contributed by atoms with Gasteiger partial charge in [-0.05, 0) is 18.5 Å². The minimum absolute atomic E-state index is 0. The molecule has 18 heavy (non-hydrogen) atoms. The molecule has 8 heteroatoms. The van der Waals surface area contributed by atoms with Gasteiger partial charge in [0.1, 0.15) is 5.65 Å². The second kappa shape index (κ2) is 5.37. The Hall–Kier alpha value is -0.934. The maximum absolute atomic E-state index is 12.4. The van der Waals surface area contributed by atoms with Gasteiger partial charge in [0.05, 0.1) is 6.93 Å². The summed E-state index contributed by atoms with van der Waals surface area (Å²) < 4.78 is 31.0. The second-order valence-electron chi connectivity index (χ2n) is 3.23. The van der Waals surface area contributed by atoms with E-state index in [-0.39, 0.29) is 80.0 Å². The summed E-state index contributed by atoms with van der Waals surface area (Å²) in [5.41, 5.74) is -0.764. The first-order valence-corrected chi connectivity index (χ1v) is 4.59. The van der Waals surface area contributed by atoms with Crippen LogP contribution in [0.4, 0.5) is 0 Å². The van der Waals surface area contributed by atoms with Gasteiger partial charge < -0.3 is 5.10 Å². The Morgan fingerprint density at radius 3 is 3.17 bits per heavy atom. The van der Waals surface area contributed by atoms with Gasteiger partial charge in [-0.3, -0.25) is 19.5 Å². The van der Waals surface area contributed by atoms with E-state index in [4.69, 9.17) is 5.48 Å². The smallest absolute Gasteiger partial charge is 0.330 e. The van der Waals surface area contributed by atoms with Crippen LogP contribution in [0, 0.1) is 6.85 Å². The molecule has 0 radical (unpaired) electrons. The minimum Gasteiger partial charge on any atom is -0.330 e. The topological polar surface area (TPSA) is 87.1 Å². The number of fused-ring (bicyclic) bond motifs is 1. The van der Waals surface area contributed by atoms with Crippen molar-refractivity contribution >= 4 is 5.65 Å². The van der Waals surface area contributed by atoms with Gasteiger partial charge in [-0.2, -0.15) is 5.21 Å². The quantitative estimate of drug-likeness (QED) is 0.433. The normalized spacial score (nSPS) is 14.2. The van der Waals surface area contributed by atoms with Crippen molar-refractivity contribution < 1.29 is 56.9 Å². The fourth-order valence-electron chi connectivity index (χ4n) is 1.45. The molecule has 3 rings (SSSR count). The van der Waals surface area contributed by atoms with Crippen LogP contribution < -0.4 is 62.0 Å². The predicted molar refractivity (Wildman–Crippen MR) is 58.3 cm³/mol. The molecule has 0 saturated heterocycles. The maximum atomic E-state index is 12.4. The van der Waals surface area contributed by atoms with Crippen LogP contribution in [0.5, 0.6) is 0 Å². The summed E-state index contributed by atoms with van der Waals surface area (Å²) in [6, 6.07) is 1.05. The Morgan fingerprint density at radius 2 is 2.44 bits per heavy atom. The molecule has 0 aliphatic carbocycles. The number of aromatic nitrogens is 6. The number of hydrogen-bond acceptors (Lipinski definition) is 5. The average Bonchev–Trinajstić information content (AvgIpc) is 2.92. The number of rotatable bonds is 1. The molecule has 0 amide bonds. The molecule has 0 aliphatic heterocycles. The Balaban J connectivity index is 0.00000176. The molecule has 0 atom stereocenters. The van der Waals surface area contributed by atoms with Gasteiger partial charge in [0, 0.05) is 22.3 Å². The van der Waals surface area contributed by atoms with Crippen molar-refractivity contribution in [3.05, 3.63) is 40.4 Å². The number of hydrogen-bond donors (Lipinski definition) is 0. The van der Waals surface area contributed by atoms with E-state index in [1.165, 1.54) is 12.4 Å². The van der Waals surface area contributed by atoms with Crippen LogP contribution in [0.3, 0.4) is 0 Å². The average molecular weight is 270 g/mol. The summed E-state index contributed by atoms with van der Waals surface area (Å²) in [5.74, 6) is -0.00674. The van der Waals surface area contributed by atoms with Crippen LogP contribution in [-0.2, 0) is 0 Å². The van der Waals surface area contributed by atoms with Crippen molar-refractivity contribution in [2.45, 2.75) is 6.85 Å². The SMILES string of the molecule is [2H]c1cc(C([2H])([2H])[2H])c2ncc(-c3nnn[n-]3)c(=O)n2c1.[K+]. The van der Waals surface area contributed by atoms with Gasteiger partial charge in [-0.1, -0.05) is 6.07 Å². The summed E-state index contributed by atoms with van der Waals surface area (Å²) in [5, 5.41) is 13.7. The number of aryl methyl sites for hydroxylation is 1. The molecule has 84 valence electrons. The van der Waals surface area contributed by atoms with Gasteiger partial charge in [0.25, 0.3) is 5.56 Å². The summed E-state index contributed by atoms with van der Waals surface area (Å²) in [7, 11) is 0. The minimum atomic E-state index is -2.48. The van der Waals surface area contributed by atoms with Gasteiger partial charge in [0.2, 0.25) is 0 Å². The summed E-state index contributed by atoms with van der Waals surface area (Å²) in [6.45, 7) is -2.48. The van der Waals surface area contributed by atoms with Crippen LogP contribution in [0.1, 0.15) is 11.0 Å². The van der Waals surface area contributed by atoms with E-state index in [0.717, 1.165) is 10.5 Å². The molecule has 7 nitrogen and oxygen atoms in total. The Labute approximate surface area is 150 Å². The van der Waals surface area contributed by atoms with E-state index in [9.17, 15) is 4.79 Å². The van der Waals surface area contributed by atoms with Gasteiger partial charge in [-0.15, -0.1) is 0 Å². The molecular weight excluding hydrogens is 259 g/mol. The molecule has 3 aromatic heterocycles. The summed E-state index contributed by atoms with van der Waals surface area (Å²) in [4.78, 5) is 16.4. The van der Waals surface area contributed by atoms with E-state index in [1.807, 2.05) is 0 Å². The Kier molecular flexibility index (Phi) is 2.70. The summed E-state index contributed by atoms with van der Waals surface area (Å²) in [6.07, 6.45) is 2.36. The van der Waals surface area contributed by atoms with E-state index in [1.54, 1.807) is 0 Å². The van der Waals surface area contributed by atoms with E-state index in [2.05, 4.69) is 25.6 Å². The molecule has 0 saturated carbocycles. The molecule has 0 bridgehead atoms. The molecule has 0 aromatic carbocycles. The third kappa shape index (κ3) is 2.17. The van der Waals surface area contributed by atoms with Crippen LogP contribution in [0.15, 0.2) is 29.3 Å². The fraction of sp³-hybridized carbons (Fsp3) is 0.100. The molecule has 0 N–H and O–H groups in total.